The Hall–Kier alpha value is -1.47. The van der Waals surface area contributed by atoms with Crippen molar-refractivity contribution in [1.29, 1.82) is 0 Å². The van der Waals surface area contributed by atoms with Gasteiger partial charge in [0.2, 0.25) is 5.91 Å². The van der Waals surface area contributed by atoms with E-state index in [1.807, 2.05) is 0 Å². The van der Waals surface area contributed by atoms with Crippen molar-refractivity contribution in [3.05, 3.63) is 34.1 Å². The van der Waals surface area contributed by atoms with Crippen LogP contribution in [0.15, 0.2) is 22.7 Å². The number of nitrogens with zero attached hydrogens (tertiary/aromatic N) is 2. The number of carbonyl (C=O) groups excluding carboxylic acids is 2. The van der Waals surface area contributed by atoms with Gasteiger partial charge in [0.1, 0.15) is 5.82 Å². The molecule has 0 radical (unpaired) electrons. The van der Waals surface area contributed by atoms with E-state index < -0.39 is 0 Å². The molecule has 0 bridgehead atoms. The third-order valence-corrected chi connectivity index (χ3v) is 4.79. The third-order valence-electron chi connectivity index (χ3n) is 4.13. The second-order valence-corrected chi connectivity index (χ2v) is 6.89. The van der Waals surface area contributed by atoms with Crippen molar-refractivity contribution in [2.24, 2.45) is 0 Å². The molecule has 23 heavy (non-hydrogen) atoms. The molecule has 3 rings (SSSR count). The first-order valence-corrected chi connectivity index (χ1v) is 8.58. The molecule has 2 amide bonds. The summed E-state index contributed by atoms with van der Waals surface area (Å²) in [4.78, 5) is 28.1. The van der Waals surface area contributed by atoms with Gasteiger partial charge in [-0.05, 0) is 47.0 Å². The van der Waals surface area contributed by atoms with E-state index >= 15 is 0 Å². The lowest BCUT2D eigenvalue weighted by Gasteiger charge is -2.34. The standard InChI is InChI=1S/C16H19BrFN3O2/c17-14-9-11(18)1-4-13(14)16(23)21-7-5-20(6-8-21)10-15(22)19-12-2-3-12/h1,4,9,12H,2-3,5-8,10H2,(H,19,22). The molecule has 0 unspecified atom stereocenters. The molecule has 2 fully saturated rings. The number of hydrogen-bond acceptors (Lipinski definition) is 3. The van der Waals surface area contributed by atoms with Gasteiger partial charge in [0.05, 0.1) is 12.1 Å². The maximum atomic E-state index is 13.1. The fourth-order valence-electron chi connectivity index (χ4n) is 2.65. The molecule has 0 atom stereocenters. The number of amides is 2. The van der Waals surface area contributed by atoms with Crippen LogP contribution in [0.5, 0.6) is 0 Å². The van der Waals surface area contributed by atoms with Crippen molar-refractivity contribution in [1.82, 2.24) is 15.1 Å². The largest absolute Gasteiger partial charge is 0.352 e. The summed E-state index contributed by atoms with van der Waals surface area (Å²) in [6.45, 7) is 2.86. The van der Waals surface area contributed by atoms with Crippen LogP contribution in [0.25, 0.3) is 0 Å². The molecular weight excluding hydrogens is 365 g/mol. The number of nitrogens with one attached hydrogen (secondary N) is 1. The van der Waals surface area contributed by atoms with Gasteiger partial charge in [0.25, 0.3) is 5.91 Å². The van der Waals surface area contributed by atoms with E-state index in [2.05, 4.69) is 26.1 Å². The molecule has 1 heterocycles. The van der Waals surface area contributed by atoms with Gasteiger partial charge in [0.15, 0.2) is 0 Å². The molecule has 1 aliphatic carbocycles. The van der Waals surface area contributed by atoms with Gasteiger partial charge in [-0.2, -0.15) is 0 Å². The van der Waals surface area contributed by atoms with Crippen LogP contribution in [0, 0.1) is 5.82 Å². The Morgan fingerprint density at radius 3 is 2.52 bits per heavy atom. The lowest BCUT2D eigenvalue weighted by Crippen LogP contribution is -2.51. The van der Waals surface area contributed by atoms with Gasteiger partial charge >= 0.3 is 0 Å². The minimum absolute atomic E-state index is 0.0635. The van der Waals surface area contributed by atoms with Crippen LogP contribution in [0.3, 0.4) is 0 Å². The van der Waals surface area contributed by atoms with Crippen LogP contribution in [-0.4, -0.2) is 60.4 Å². The Bertz CT molecular complexity index is 613. The molecular formula is C16H19BrFN3O2. The summed E-state index contributed by atoms with van der Waals surface area (Å²) in [6, 6.07) is 4.46. The SMILES string of the molecule is O=C(CN1CCN(C(=O)c2ccc(F)cc2Br)CC1)NC1CC1. The average molecular weight is 384 g/mol. The van der Waals surface area contributed by atoms with Crippen molar-refractivity contribution < 1.29 is 14.0 Å². The van der Waals surface area contributed by atoms with Crippen molar-refractivity contribution in [2.45, 2.75) is 18.9 Å². The lowest BCUT2D eigenvalue weighted by molar-refractivity contribution is -0.122. The van der Waals surface area contributed by atoms with Crippen LogP contribution in [0.4, 0.5) is 4.39 Å². The molecule has 1 aromatic carbocycles. The Morgan fingerprint density at radius 2 is 1.91 bits per heavy atom. The van der Waals surface area contributed by atoms with E-state index in [1.54, 1.807) is 4.90 Å². The molecule has 7 heteroatoms. The summed E-state index contributed by atoms with van der Waals surface area (Å²) < 4.78 is 13.6. The topological polar surface area (TPSA) is 52.7 Å². The number of rotatable bonds is 4. The average Bonchev–Trinajstić information content (AvgIpc) is 3.31. The Balaban J connectivity index is 1.51. The zero-order valence-electron chi connectivity index (χ0n) is 12.7. The van der Waals surface area contributed by atoms with E-state index in [0.29, 0.717) is 48.8 Å². The summed E-state index contributed by atoms with van der Waals surface area (Å²) in [7, 11) is 0. The molecule has 1 aromatic rings. The molecule has 124 valence electrons. The molecule has 1 saturated heterocycles. The summed E-state index contributed by atoms with van der Waals surface area (Å²) >= 11 is 3.24. The maximum Gasteiger partial charge on any atom is 0.255 e. The van der Waals surface area contributed by atoms with Crippen LogP contribution in [0.1, 0.15) is 23.2 Å². The third kappa shape index (κ3) is 4.29. The number of carbonyl (C=O) groups is 2. The molecule has 1 N–H and O–H groups in total. The predicted molar refractivity (Wildman–Crippen MR) is 87.6 cm³/mol. The minimum Gasteiger partial charge on any atom is -0.352 e. The quantitative estimate of drug-likeness (QED) is 0.859. The summed E-state index contributed by atoms with van der Waals surface area (Å²) in [6.07, 6.45) is 2.17. The van der Waals surface area contributed by atoms with Crippen molar-refractivity contribution in [2.75, 3.05) is 32.7 Å². The number of piperazine rings is 1. The normalized spacial score (nSPS) is 18.8. The zero-order chi connectivity index (χ0) is 16.4. The number of benzene rings is 1. The fourth-order valence-corrected chi connectivity index (χ4v) is 3.17. The highest BCUT2D eigenvalue weighted by Gasteiger charge is 2.27. The Morgan fingerprint density at radius 1 is 1.22 bits per heavy atom. The number of hydrogen-bond donors (Lipinski definition) is 1. The van der Waals surface area contributed by atoms with Crippen LogP contribution in [-0.2, 0) is 4.79 Å². The van der Waals surface area contributed by atoms with Gasteiger partial charge in [-0.3, -0.25) is 14.5 Å². The highest BCUT2D eigenvalue weighted by atomic mass is 79.9. The molecule has 1 aliphatic heterocycles. The van der Waals surface area contributed by atoms with Gasteiger partial charge in [-0.25, -0.2) is 4.39 Å². The molecule has 5 nitrogen and oxygen atoms in total. The predicted octanol–water partition coefficient (Wildman–Crippen LogP) is 1.62. The first-order chi connectivity index (χ1) is 11.0. The maximum absolute atomic E-state index is 13.1. The van der Waals surface area contributed by atoms with Crippen molar-refractivity contribution in [3.63, 3.8) is 0 Å². The Kier molecular flexibility index (Phi) is 4.96. The van der Waals surface area contributed by atoms with Crippen LogP contribution < -0.4 is 5.32 Å². The number of halogens is 2. The van der Waals surface area contributed by atoms with E-state index in [9.17, 15) is 14.0 Å². The fraction of sp³-hybridized carbons (Fsp3) is 0.500. The van der Waals surface area contributed by atoms with Crippen LogP contribution in [0.2, 0.25) is 0 Å². The molecule has 0 spiro atoms. The Labute approximate surface area is 142 Å². The summed E-state index contributed by atoms with van der Waals surface area (Å²) in [5, 5.41) is 2.97. The lowest BCUT2D eigenvalue weighted by atomic mass is 10.1. The van der Waals surface area contributed by atoms with Gasteiger partial charge in [-0.15, -0.1) is 0 Å². The second-order valence-electron chi connectivity index (χ2n) is 6.03. The van der Waals surface area contributed by atoms with E-state index in [4.69, 9.17) is 0 Å². The summed E-state index contributed by atoms with van der Waals surface area (Å²) in [5.74, 6) is -0.424. The van der Waals surface area contributed by atoms with Gasteiger partial charge in [-0.1, -0.05) is 0 Å². The van der Waals surface area contributed by atoms with E-state index in [-0.39, 0.29) is 17.6 Å². The first kappa shape index (κ1) is 16.4. The van der Waals surface area contributed by atoms with E-state index in [1.165, 1.54) is 18.2 Å². The molecule has 0 aromatic heterocycles. The monoisotopic (exact) mass is 383 g/mol. The smallest absolute Gasteiger partial charge is 0.255 e. The minimum atomic E-state index is -0.375. The van der Waals surface area contributed by atoms with Crippen molar-refractivity contribution >= 4 is 27.7 Å². The van der Waals surface area contributed by atoms with Gasteiger partial charge < -0.3 is 10.2 Å². The molecule has 2 aliphatic rings. The zero-order valence-corrected chi connectivity index (χ0v) is 14.3. The van der Waals surface area contributed by atoms with Gasteiger partial charge in [0, 0.05) is 36.7 Å². The first-order valence-electron chi connectivity index (χ1n) is 7.79. The molecule has 1 saturated carbocycles. The second kappa shape index (κ2) is 6.97. The summed E-state index contributed by atoms with van der Waals surface area (Å²) in [5.41, 5.74) is 0.464. The van der Waals surface area contributed by atoms with Crippen LogP contribution >= 0.6 is 15.9 Å². The highest BCUT2D eigenvalue weighted by molar-refractivity contribution is 9.10. The highest BCUT2D eigenvalue weighted by Crippen LogP contribution is 2.21. The van der Waals surface area contributed by atoms with Crippen molar-refractivity contribution in [3.8, 4) is 0 Å². The van der Waals surface area contributed by atoms with E-state index in [0.717, 1.165) is 12.8 Å².